The van der Waals surface area contributed by atoms with E-state index in [1.54, 1.807) is 11.9 Å². The fraction of sp³-hybridized carbons (Fsp3) is 0.462. The molecule has 0 aliphatic rings. The second-order valence-electron chi connectivity index (χ2n) is 7.82. The second kappa shape index (κ2) is 14.2. The first kappa shape index (κ1) is 26.2. The third kappa shape index (κ3) is 8.77. The standard InChI is InChI=1S/C26H36N2O5/c1-4-6-7-15-27-26(31)28(3)22-10-8-9-21(19-22)23-13-11-20(12-14-25(29)30)18-24(23)33-17-16-32-5-2/h8-11,13,18-19H,4-7,12,14-17H2,1-3H3,(H,27,31)(H,29,30). The molecule has 0 aliphatic heterocycles. The molecule has 0 atom stereocenters. The van der Waals surface area contributed by atoms with Gasteiger partial charge in [-0.1, -0.05) is 44.0 Å². The molecule has 2 aromatic rings. The van der Waals surface area contributed by atoms with Crippen molar-refractivity contribution in [3.05, 3.63) is 48.0 Å². The van der Waals surface area contributed by atoms with Crippen LogP contribution in [-0.4, -0.2) is 50.5 Å². The normalized spacial score (nSPS) is 10.6. The van der Waals surface area contributed by atoms with E-state index in [-0.39, 0.29) is 12.5 Å². The third-order valence-electron chi connectivity index (χ3n) is 5.27. The average molecular weight is 457 g/mol. The number of nitrogens with zero attached hydrogens (tertiary/aromatic N) is 1. The number of benzene rings is 2. The van der Waals surface area contributed by atoms with Crippen molar-refractivity contribution in [3.63, 3.8) is 0 Å². The Labute approximate surface area is 196 Å². The van der Waals surface area contributed by atoms with Crippen molar-refractivity contribution in [1.82, 2.24) is 5.32 Å². The third-order valence-corrected chi connectivity index (χ3v) is 5.27. The van der Waals surface area contributed by atoms with Crippen LogP contribution in [0.1, 0.15) is 45.1 Å². The van der Waals surface area contributed by atoms with Gasteiger partial charge in [0.05, 0.1) is 6.61 Å². The van der Waals surface area contributed by atoms with Crippen LogP contribution in [0.25, 0.3) is 11.1 Å². The highest BCUT2D eigenvalue weighted by molar-refractivity contribution is 5.92. The zero-order chi connectivity index (χ0) is 24.1. The maximum absolute atomic E-state index is 12.5. The van der Waals surface area contributed by atoms with E-state index in [9.17, 15) is 9.59 Å². The number of amides is 2. The SMILES string of the molecule is CCCCCNC(=O)N(C)c1cccc(-c2ccc(CCC(=O)O)cc2OCCOCC)c1. The lowest BCUT2D eigenvalue weighted by Crippen LogP contribution is -2.37. The number of carbonyl (C=O) groups excluding carboxylic acids is 1. The van der Waals surface area contributed by atoms with Crippen LogP contribution in [0, 0.1) is 0 Å². The lowest BCUT2D eigenvalue weighted by Gasteiger charge is -2.20. The monoisotopic (exact) mass is 456 g/mol. The minimum atomic E-state index is -0.832. The molecular formula is C26H36N2O5. The van der Waals surface area contributed by atoms with E-state index in [1.165, 1.54) is 0 Å². The molecule has 0 saturated heterocycles. The molecule has 180 valence electrons. The summed E-state index contributed by atoms with van der Waals surface area (Å²) in [6, 6.07) is 13.3. The maximum atomic E-state index is 12.5. The molecular weight excluding hydrogens is 420 g/mol. The number of nitrogens with one attached hydrogen (secondary N) is 1. The summed E-state index contributed by atoms with van der Waals surface area (Å²) in [5, 5.41) is 12.0. The predicted molar refractivity (Wildman–Crippen MR) is 131 cm³/mol. The zero-order valence-corrected chi connectivity index (χ0v) is 19.9. The van der Waals surface area contributed by atoms with Crippen molar-refractivity contribution >= 4 is 17.7 Å². The lowest BCUT2D eigenvalue weighted by atomic mass is 10.00. The molecule has 0 unspecified atom stereocenters. The van der Waals surface area contributed by atoms with Gasteiger partial charge in [0.1, 0.15) is 12.4 Å². The number of unbranched alkanes of at least 4 members (excludes halogenated alkanes) is 2. The van der Waals surface area contributed by atoms with Gasteiger partial charge in [-0.25, -0.2) is 4.79 Å². The molecule has 0 aliphatic carbocycles. The Balaban J connectivity index is 2.22. The highest BCUT2D eigenvalue weighted by Crippen LogP contribution is 2.33. The number of carbonyl (C=O) groups is 2. The summed E-state index contributed by atoms with van der Waals surface area (Å²) in [6.07, 6.45) is 3.66. The number of urea groups is 1. The van der Waals surface area contributed by atoms with Gasteiger partial charge in [-0.2, -0.15) is 0 Å². The highest BCUT2D eigenvalue weighted by atomic mass is 16.5. The number of hydrogen-bond acceptors (Lipinski definition) is 4. The molecule has 0 saturated carbocycles. The summed E-state index contributed by atoms with van der Waals surface area (Å²) in [5.74, 6) is -0.164. The van der Waals surface area contributed by atoms with Gasteiger partial charge in [-0.3, -0.25) is 9.69 Å². The molecule has 0 aromatic heterocycles. The van der Waals surface area contributed by atoms with E-state index in [0.717, 1.165) is 41.6 Å². The van der Waals surface area contributed by atoms with E-state index in [2.05, 4.69) is 12.2 Å². The topological polar surface area (TPSA) is 88.1 Å². The summed E-state index contributed by atoms with van der Waals surface area (Å²) in [7, 11) is 1.75. The van der Waals surface area contributed by atoms with E-state index >= 15 is 0 Å². The van der Waals surface area contributed by atoms with Crippen LogP contribution in [-0.2, 0) is 16.0 Å². The molecule has 0 spiro atoms. The largest absolute Gasteiger partial charge is 0.491 e. The van der Waals surface area contributed by atoms with Crippen molar-refractivity contribution in [2.75, 3.05) is 38.3 Å². The minimum absolute atomic E-state index is 0.0609. The Kier molecular flexibility index (Phi) is 11.2. The summed E-state index contributed by atoms with van der Waals surface area (Å²) in [4.78, 5) is 25.1. The first-order chi connectivity index (χ1) is 16.0. The van der Waals surface area contributed by atoms with Crippen LogP contribution < -0.4 is 15.0 Å². The van der Waals surface area contributed by atoms with Crippen LogP contribution in [0.5, 0.6) is 5.75 Å². The van der Waals surface area contributed by atoms with Gasteiger partial charge in [0, 0.05) is 37.9 Å². The van der Waals surface area contributed by atoms with Crippen molar-refractivity contribution in [3.8, 4) is 16.9 Å². The molecule has 7 heteroatoms. The Morgan fingerprint density at radius 3 is 2.61 bits per heavy atom. The summed E-state index contributed by atoms with van der Waals surface area (Å²) < 4.78 is 11.4. The molecule has 0 fully saturated rings. The first-order valence-corrected chi connectivity index (χ1v) is 11.6. The molecule has 0 bridgehead atoms. The maximum Gasteiger partial charge on any atom is 0.321 e. The Bertz CT molecular complexity index is 900. The summed E-state index contributed by atoms with van der Waals surface area (Å²) in [6.45, 7) is 6.20. The predicted octanol–water partition coefficient (Wildman–Crippen LogP) is 5.12. The second-order valence-corrected chi connectivity index (χ2v) is 7.82. The summed E-state index contributed by atoms with van der Waals surface area (Å²) in [5.41, 5.74) is 3.46. The Hall–Kier alpha value is -3.06. The number of aliphatic carboxylic acids is 1. The molecule has 2 amide bonds. The van der Waals surface area contributed by atoms with Gasteiger partial charge in [0.25, 0.3) is 0 Å². The fourth-order valence-corrected chi connectivity index (χ4v) is 3.37. The molecule has 2 aromatic carbocycles. The molecule has 0 radical (unpaired) electrons. The minimum Gasteiger partial charge on any atom is -0.491 e. The molecule has 2 rings (SSSR count). The smallest absolute Gasteiger partial charge is 0.321 e. The summed E-state index contributed by atoms with van der Waals surface area (Å²) >= 11 is 0. The van der Waals surface area contributed by atoms with E-state index in [0.29, 0.717) is 38.5 Å². The van der Waals surface area contributed by atoms with Gasteiger partial charge in [-0.05, 0) is 49.1 Å². The van der Waals surface area contributed by atoms with Crippen molar-refractivity contribution in [2.24, 2.45) is 0 Å². The van der Waals surface area contributed by atoms with Gasteiger partial charge in [0.2, 0.25) is 0 Å². The zero-order valence-electron chi connectivity index (χ0n) is 19.9. The number of carboxylic acid groups (broad SMARTS) is 1. The molecule has 33 heavy (non-hydrogen) atoms. The number of anilines is 1. The number of aryl methyl sites for hydroxylation is 1. The molecule has 2 N–H and O–H groups in total. The van der Waals surface area contributed by atoms with E-state index < -0.39 is 5.97 Å². The van der Waals surface area contributed by atoms with Crippen LogP contribution in [0.4, 0.5) is 10.5 Å². The van der Waals surface area contributed by atoms with E-state index in [4.69, 9.17) is 14.6 Å². The van der Waals surface area contributed by atoms with Crippen molar-refractivity contribution < 1.29 is 24.2 Å². The van der Waals surface area contributed by atoms with Gasteiger partial charge >= 0.3 is 12.0 Å². The number of ether oxygens (including phenoxy) is 2. The van der Waals surface area contributed by atoms with E-state index in [1.807, 2.05) is 49.4 Å². The van der Waals surface area contributed by atoms with Crippen LogP contribution >= 0.6 is 0 Å². The number of carboxylic acids is 1. The average Bonchev–Trinajstić information content (AvgIpc) is 2.82. The molecule has 7 nitrogen and oxygen atoms in total. The van der Waals surface area contributed by atoms with Crippen LogP contribution in [0.3, 0.4) is 0 Å². The lowest BCUT2D eigenvalue weighted by molar-refractivity contribution is -0.136. The van der Waals surface area contributed by atoms with Gasteiger partial charge in [0.15, 0.2) is 0 Å². The molecule has 0 heterocycles. The Morgan fingerprint density at radius 2 is 1.88 bits per heavy atom. The van der Waals surface area contributed by atoms with Gasteiger partial charge < -0.3 is 19.9 Å². The van der Waals surface area contributed by atoms with Crippen LogP contribution in [0.2, 0.25) is 0 Å². The van der Waals surface area contributed by atoms with Crippen LogP contribution in [0.15, 0.2) is 42.5 Å². The van der Waals surface area contributed by atoms with Gasteiger partial charge in [-0.15, -0.1) is 0 Å². The number of rotatable bonds is 14. The quantitative estimate of drug-likeness (QED) is 0.385. The highest BCUT2D eigenvalue weighted by Gasteiger charge is 2.14. The number of hydrogen-bond donors (Lipinski definition) is 2. The Morgan fingerprint density at radius 1 is 1.06 bits per heavy atom. The fourth-order valence-electron chi connectivity index (χ4n) is 3.37. The first-order valence-electron chi connectivity index (χ1n) is 11.6. The van der Waals surface area contributed by atoms with Crippen molar-refractivity contribution in [1.29, 1.82) is 0 Å². The van der Waals surface area contributed by atoms with Crippen molar-refractivity contribution in [2.45, 2.75) is 46.0 Å².